The minimum absolute atomic E-state index is 0.146. The van der Waals surface area contributed by atoms with Crippen molar-refractivity contribution in [1.82, 2.24) is 25.4 Å². The van der Waals surface area contributed by atoms with Crippen LogP contribution in [0.15, 0.2) is 53.7 Å². The van der Waals surface area contributed by atoms with E-state index in [1.165, 1.54) is 23.9 Å². The van der Waals surface area contributed by atoms with Gasteiger partial charge in [0.1, 0.15) is 11.6 Å². The summed E-state index contributed by atoms with van der Waals surface area (Å²) in [6, 6.07) is 12.6. The summed E-state index contributed by atoms with van der Waals surface area (Å²) in [4.78, 5) is 23.3. The molecule has 3 amide bonds. The maximum Gasteiger partial charge on any atom is 0.321 e. The van der Waals surface area contributed by atoms with Crippen molar-refractivity contribution in [2.24, 2.45) is 0 Å². The summed E-state index contributed by atoms with van der Waals surface area (Å²) in [5.41, 5.74) is 1.72. The van der Waals surface area contributed by atoms with Gasteiger partial charge in [0.15, 0.2) is 5.16 Å². The molecule has 2 heterocycles. The van der Waals surface area contributed by atoms with Crippen molar-refractivity contribution < 1.29 is 14.0 Å². The Bertz CT molecular complexity index is 1070. The number of nitrogens with zero attached hydrogens (tertiary/aromatic N) is 3. The summed E-state index contributed by atoms with van der Waals surface area (Å²) >= 11 is 7.52. The standard InChI is InChI=1S/C20H17ClFN5O2S/c21-13-3-1-2-12(8-13)11-30-20-26-25-17(9-15-10-18(28)24-19(29)23-15)27(20)16-6-4-14(22)5-7-16/h1-8,15H,9-11H2,(H2,23,24,28,29). The van der Waals surface area contributed by atoms with E-state index in [1.807, 2.05) is 28.8 Å². The molecule has 1 fully saturated rings. The Labute approximate surface area is 181 Å². The van der Waals surface area contributed by atoms with Gasteiger partial charge in [-0.2, -0.15) is 0 Å². The lowest BCUT2D eigenvalue weighted by Crippen LogP contribution is -2.53. The third-order valence-electron chi connectivity index (χ3n) is 4.49. The van der Waals surface area contributed by atoms with Crippen molar-refractivity contribution in [1.29, 1.82) is 0 Å². The summed E-state index contributed by atoms with van der Waals surface area (Å²) in [6.07, 6.45) is 0.453. The number of urea groups is 1. The Morgan fingerprint density at radius 2 is 1.97 bits per heavy atom. The summed E-state index contributed by atoms with van der Waals surface area (Å²) in [7, 11) is 0. The average molecular weight is 446 g/mol. The van der Waals surface area contributed by atoms with Crippen molar-refractivity contribution in [2.45, 2.75) is 29.8 Å². The lowest BCUT2D eigenvalue weighted by atomic mass is 10.1. The van der Waals surface area contributed by atoms with Gasteiger partial charge in [-0.3, -0.25) is 14.7 Å². The topological polar surface area (TPSA) is 88.9 Å². The molecule has 0 spiro atoms. The number of halogens is 2. The van der Waals surface area contributed by atoms with E-state index in [4.69, 9.17) is 11.6 Å². The Hall–Kier alpha value is -2.91. The molecule has 0 aliphatic carbocycles. The van der Waals surface area contributed by atoms with Crippen LogP contribution in [-0.2, 0) is 17.0 Å². The predicted octanol–water partition coefficient (Wildman–Crippen LogP) is 3.49. The van der Waals surface area contributed by atoms with E-state index < -0.39 is 12.1 Å². The number of amides is 3. The zero-order chi connectivity index (χ0) is 21.1. The lowest BCUT2D eigenvalue weighted by Gasteiger charge is -2.23. The first-order chi connectivity index (χ1) is 14.5. The number of hydrogen-bond donors (Lipinski definition) is 2. The van der Waals surface area contributed by atoms with Gasteiger partial charge in [0.05, 0.1) is 0 Å². The van der Waals surface area contributed by atoms with Crippen molar-refractivity contribution in [3.63, 3.8) is 0 Å². The van der Waals surface area contributed by atoms with Crippen LogP contribution in [0, 0.1) is 5.82 Å². The fourth-order valence-corrected chi connectivity index (χ4v) is 4.29. The molecule has 0 bridgehead atoms. The molecule has 0 saturated carbocycles. The molecule has 4 rings (SSSR count). The Morgan fingerprint density at radius 1 is 1.17 bits per heavy atom. The van der Waals surface area contributed by atoms with Crippen LogP contribution in [0.1, 0.15) is 17.8 Å². The van der Waals surface area contributed by atoms with Gasteiger partial charge < -0.3 is 5.32 Å². The molecule has 1 atom stereocenters. The number of rotatable bonds is 6. The number of benzene rings is 2. The van der Waals surface area contributed by atoms with E-state index >= 15 is 0 Å². The normalized spacial score (nSPS) is 16.3. The first kappa shape index (κ1) is 20.4. The zero-order valence-corrected chi connectivity index (χ0v) is 17.2. The maximum absolute atomic E-state index is 13.4. The molecule has 1 aliphatic heterocycles. The third kappa shape index (κ3) is 4.80. The van der Waals surface area contributed by atoms with Crippen molar-refractivity contribution in [3.05, 3.63) is 70.8 Å². The molecular weight excluding hydrogens is 429 g/mol. The fourth-order valence-electron chi connectivity index (χ4n) is 3.17. The Balaban J connectivity index is 1.62. The van der Waals surface area contributed by atoms with Crippen molar-refractivity contribution in [3.8, 4) is 5.69 Å². The van der Waals surface area contributed by atoms with E-state index in [2.05, 4.69) is 20.8 Å². The van der Waals surface area contributed by atoms with Crippen LogP contribution < -0.4 is 10.6 Å². The van der Waals surface area contributed by atoms with E-state index in [0.29, 0.717) is 33.9 Å². The Morgan fingerprint density at radius 3 is 2.70 bits per heavy atom. The van der Waals surface area contributed by atoms with Gasteiger partial charge >= 0.3 is 6.03 Å². The van der Waals surface area contributed by atoms with Gasteiger partial charge in [0, 0.05) is 35.3 Å². The number of nitrogens with one attached hydrogen (secondary N) is 2. The number of thioether (sulfide) groups is 1. The lowest BCUT2D eigenvalue weighted by molar-refractivity contribution is -0.121. The molecule has 1 saturated heterocycles. The molecule has 1 unspecified atom stereocenters. The van der Waals surface area contributed by atoms with Gasteiger partial charge in [0.2, 0.25) is 5.91 Å². The zero-order valence-electron chi connectivity index (χ0n) is 15.6. The number of carbonyl (C=O) groups is 2. The average Bonchev–Trinajstić information content (AvgIpc) is 3.09. The number of carbonyl (C=O) groups excluding carboxylic acids is 2. The molecule has 30 heavy (non-hydrogen) atoms. The molecule has 2 N–H and O–H groups in total. The van der Waals surface area contributed by atoms with Crippen LogP contribution in [0.3, 0.4) is 0 Å². The molecular formula is C20H17ClFN5O2S. The number of hydrogen-bond acceptors (Lipinski definition) is 5. The van der Waals surface area contributed by atoms with Gasteiger partial charge in [-0.1, -0.05) is 35.5 Å². The highest BCUT2D eigenvalue weighted by Gasteiger charge is 2.26. The SMILES string of the molecule is O=C1CC(Cc2nnc(SCc3cccc(Cl)c3)n2-c2ccc(F)cc2)NC(=O)N1. The second-order valence-corrected chi connectivity index (χ2v) is 8.13. The maximum atomic E-state index is 13.4. The van der Waals surface area contributed by atoms with Gasteiger partial charge in [-0.25, -0.2) is 9.18 Å². The van der Waals surface area contributed by atoms with Crippen LogP contribution in [0.5, 0.6) is 0 Å². The molecule has 1 aromatic heterocycles. The van der Waals surface area contributed by atoms with Gasteiger partial charge in [-0.05, 0) is 42.0 Å². The predicted molar refractivity (Wildman–Crippen MR) is 111 cm³/mol. The monoisotopic (exact) mass is 445 g/mol. The summed E-state index contributed by atoms with van der Waals surface area (Å²) in [5.74, 6) is 0.489. The second-order valence-electron chi connectivity index (χ2n) is 6.76. The van der Waals surface area contributed by atoms with Gasteiger partial charge in [-0.15, -0.1) is 10.2 Å². The fraction of sp³-hybridized carbons (Fsp3) is 0.200. The molecule has 3 aromatic rings. The van der Waals surface area contributed by atoms with Crippen LogP contribution in [0.2, 0.25) is 5.02 Å². The molecule has 0 radical (unpaired) electrons. The summed E-state index contributed by atoms with van der Waals surface area (Å²) in [5, 5.41) is 14.8. The van der Waals surface area contributed by atoms with Gasteiger partial charge in [0.25, 0.3) is 0 Å². The number of aromatic nitrogens is 3. The van der Waals surface area contributed by atoms with Crippen molar-refractivity contribution >= 4 is 35.3 Å². The van der Waals surface area contributed by atoms with Crippen LogP contribution >= 0.6 is 23.4 Å². The van der Waals surface area contributed by atoms with E-state index in [0.717, 1.165) is 5.56 Å². The second kappa shape index (κ2) is 8.85. The quantitative estimate of drug-likeness (QED) is 0.567. The summed E-state index contributed by atoms with van der Waals surface area (Å²) in [6.45, 7) is 0. The van der Waals surface area contributed by atoms with E-state index in [-0.39, 0.29) is 18.1 Å². The van der Waals surface area contributed by atoms with Crippen LogP contribution in [0.4, 0.5) is 9.18 Å². The summed E-state index contributed by atoms with van der Waals surface area (Å²) < 4.78 is 15.3. The number of imide groups is 1. The molecule has 2 aromatic carbocycles. The molecule has 1 aliphatic rings. The van der Waals surface area contributed by atoms with E-state index in [1.54, 1.807) is 12.1 Å². The smallest absolute Gasteiger partial charge is 0.321 e. The molecule has 7 nitrogen and oxygen atoms in total. The highest BCUT2D eigenvalue weighted by molar-refractivity contribution is 7.98. The largest absolute Gasteiger partial charge is 0.334 e. The van der Waals surface area contributed by atoms with Crippen LogP contribution in [-0.4, -0.2) is 32.7 Å². The van der Waals surface area contributed by atoms with Crippen molar-refractivity contribution in [2.75, 3.05) is 0 Å². The highest BCUT2D eigenvalue weighted by Crippen LogP contribution is 2.27. The highest BCUT2D eigenvalue weighted by atomic mass is 35.5. The molecule has 154 valence electrons. The Kier molecular flexibility index (Phi) is 6.01. The first-order valence-corrected chi connectivity index (χ1v) is 10.5. The minimum atomic E-state index is -0.528. The first-order valence-electron chi connectivity index (χ1n) is 9.16. The third-order valence-corrected chi connectivity index (χ3v) is 5.73. The van der Waals surface area contributed by atoms with Crippen LogP contribution in [0.25, 0.3) is 5.69 Å². The minimum Gasteiger partial charge on any atom is -0.334 e. The molecule has 10 heteroatoms. The van der Waals surface area contributed by atoms with E-state index in [9.17, 15) is 14.0 Å².